The third-order valence-corrected chi connectivity index (χ3v) is 4.51. The lowest BCUT2D eigenvalue weighted by atomic mass is 10.2. The molecule has 1 aliphatic heterocycles. The van der Waals surface area contributed by atoms with Crippen molar-refractivity contribution in [3.05, 3.63) is 23.2 Å². The molecule has 1 heterocycles. The van der Waals surface area contributed by atoms with Crippen LogP contribution in [0.4, 0.5) is 5.69 Å². The maximum Gasteiger partial charge on any atom is 0.323 e. The van der Waals surface area contributed by atoms with E-state index >= 15 is 0 Å². The van der Waals surface area contributed by atoms with E-state index in [1.165, 1.54) is 17.0 Å². The number of aliphatic carboxylic acids is 1. The molecule has 0 unspecified atom stereocenters. The van der Waals surface area contributed by atoms with E-state index in [1.807, 2.05) is 0 Å². The number of benzene rings is 1. The second-order valence-corrected chi connectivity index (χ2v) is 6.26. The molecule has 1 aromatic rings. The van der Waals surface area contributed by atoms with Crippen molar-refractivity contribution < 1.29 is 18.3 Å². The van der Waals surface area contributed by atoms with Crippen molar-refractivity contribution in [3.63, 3.8) is 0 Å². The Labute approximate surface area is 104 Å². The summed E-state index contributed by atoms with van der Waals surface area (Å²) in [6, 6.07) is 4.45. The smallest absolute Gasteiger partial charge is 0.323 e. The molecule has 0 saturated heterocycles. The van der Waals surface area contributed by atoms with E-state index in [-0.39, 0.29) is 23.7 Å². The summed E-state index contributed by atoms with van der Waals surface area (Å²) in [5.74, 6) is -1.08. The number of halogens is 1. The number of carbonyl (C=O) groups is 1. The molecule has 17 heavy (non-hydrogen) atoms. The van der Waals surface area contributed by atoms with Gasteiger partial charge in [0.1, 0.15) is 6.54 Å². The van der Waals surface area contributed by atoms with Gasteiger partial charge in [-0.05, 0) is 18.2 Å². The number of anilines is 1. The molecule has 0 amide bonds. The summed E-state index contributed by atoms with van der Waals surface area (Å²) in [5, 5.41) is 9.08. The van der Waals surface area contributed by atoms with Crippen LogP contribution in [0.2, 0.25) is 5.02 Å². The molecule has 5 nitrogen and oxygen atoms in total. The first-order chi connectivity index (χ1) is 7.90. The third kappa shape index (κ3) is 2.37. The number of carboxylic acids is 1. The van der Waals surface area contributed by atoms with Gasteiger partial charge in [-0.3, -0.25) is 4.79 Å². The van der Waals surface area contributed by atoms with Crippen LogP contribution in [-0.2, 0) is 14.6 Å². The first kappa shape index (κ1) is 12.2. The van der Waals surface area contributed by atoms with Crippen LogP contribution in [0.3, 0.4) is 0 Å². The summed E-state index contributed by atoms with van der Waals surface area (Å²) in [7, 11) is -3.35. The Morgan fingerprint density at radius 3 is 2.82 bits per heavy atom. The summed E-state index contributed by atoms with van der Waals surface area (Å²) < 4.78 is 23.6. The van der Waals surface area contributed by atoms with Gasteiger partial charge in [0.25, 0.3) is 0 Å². The summed E-state index contributed by atoms with van der Waals surface area (Å²) in [6.45, 7) is -0.0343. The van der Waals surface area contributed by atoms with E-state index in [0.29, 0.717) is 10.7 Å². The molecule has 0 saturated carbocycles. The summed E-state index contributed by atoms with van der Waals surface area (Å²) in [4.78, 5) is 12.3. The Kier molecular flexibility index (Phi) is 3.01. The van der Waals surface area contributed by atoms with Gasteiger partial charge in [-0.1, -0.05) is 11.6 Å². The topological polar surface area (TPSA) is 74.7 Å². The molecule has 0 aromatic heterocycles. The van der Waals surface area contributed by atoms with Crippen LogP contribution in [0.15, 0.2) is 23.1 Å². The minimum absolute atomic E-state index is 0.0897. The highest BCUT2D eigenvalue weighted by Gasteiger charge is 2.29. The van der Waals surface area contributed by atoms with Crippen LogP contribution in [0.25, 0.3) is 0 Å². The second kappa shape index (κ2) is 4.19. The number of hydrogen-bond donors (Lipinski definition) is 1. The average molecular weight is 276 g/mol. The molecule has 0 spiro atoms. The van der Waals surface area contributed by atoms with Crippen molar-refractivity contribution in [1.82, 2.24) is 0 Å². The number of rotatable bonds is 2. The molecular weight excluding hydrogens is 266 g/mol. The lowest BCUT2D eigenvalue weighted by molar-refractivity contribution is -0.135. The molecule has 92 valence electrons. The van der Waals surface area contributed by atoms with Crippen LogP contribution in [0.5, 0.6) is 0 Å². The number of hydrogen-bond acceptors (Lipinski definition) is 4. The Balaban J connectivity index is 2.52. The fraction of sp³-hybridized carbons (Fsp3) is 0.300. The maximum atomic E-state index is 11.8. The van der Waals surface area contributed by atoms with Crippen molar-refractivity contribution in [2.24, 2.45) is 0 Å². The van der Waals surface area contributed by atoms with Crippen molar-refractivity contribution in [2.45, 2.75) is 4.90 Å². The molecule has 0 bridgehead atoms. The first-order valence-electron chi connectivity index (χ1n) is 4.89. The van der Waals surface area contributed by atoms with Gasteiger partial charge in [-0.15, -0.1) is 0 Å². The highest BCUT2D eigenvalue weighted by molar-refractivity contribution is 7.91. The quantitative estimate of drug-likeness (QED) is 0.872. The summed E-state index contributed by atoms with van der Waals surface area (Å²) in [5.41, 5.74) is 0.406. The largest absolute Gasteiger partial charge is 0.480 e. The van der Waals surface area contributed by atoms with Crippen molar-refractivity contribution in [3.8, 4) is 0 Å². The molecular formula is C10H10ClNO4S. The molecule has 0 aliphatic carbocycles. The lowest BCUT2D eigenvalue weighted by Crippen LogP contribution is -2.38. The maximum absolute atomic E-state index is 11.8. The molecule has 1 aromatic carbocycles. The number of nitrogens with zero attached hydrogens (tertiary/aromatic N) is 1. The Bertz CT molecular complexity index is 570. The SMILES string of the molecule is O=C(O)CN1CCS(=O)(=O)c2cc(Cl)ccc21. The number of sulfone groups is 1. The predicted octanol–water partition coefficient (Wildman–Crippen LogP) is 1.02. The fourth-order valence-corrected chi connectivity index (χ4v) is 3.53. The van der Waals surface area contributed by atoms with Gasteiger partial charge in [0, 0.05) is 11.6 Å². The molecule has 0 radical (unpaired) electrons. The van der Waals surface area contributed by atoms with Crippen LogP contribution in [-0.4, -0.2) is 38.3 Å². The van der Waals surface area contributed by atoms with Gasteiger partial charge in [-0.2, -0.15) is 0 Å². The summed E-state index contributed by atoms with van der Waals surface area (Å²) >= 11 is 5.76. The average Bonchev–Trinajstić information content (AvgIpc) is 2.22. The molecule has 7 heteroatoms. The van der Waals surface area contributed by atoms with E-state index in [0.717, 1.165) is 0 Å². The standard InChI is InChI=1S/C10H10ClNO4S/c11-7-1-2-8-9(5-7)17(15,16)4-3-12(8)6-10(13)14/h1-2,5H,3-4,6H2,(H,13,14). The minimum Gasteiger partial charge on any atom is -0.480 e. The van der Waals surface area contributed by atoms with Crippen LogP contribution in [0.1, 0.15) is 0 Å². The van der Waals surface area contributed by atoms with E-state index in [4.69, 9.17) is 16.7 Å². The van der Waals surface area contributed by atoms with Gasteiger partial charge in [0.2, 0.25) is 0 Å². The highest BCUT2D eigenvalue weighted by atomic mass is 35.5. The highest BCUT2D eigenvalue weighted by Crippen LogP contribution is 2.32. The summed E-state index contributed by atoms with van der Waals surface area (Å²) in [6.07, 6.45) is 0. The van der Waals surface area contributed by atoms with Crippen molar-refractivity contribution in [1.29, 1.82) is 0 Å². The Morgan fingerprint density at radius 1 is 1.47 bits per heavy atom. The van der Waals surface area contributed by atoms with Crippen molar-refractivity contribution >= 4 is 33.1 Å². The van der Waals surface area contributed by atoms with Gasteiger partial charge in [-0.25, -0.2) is 8.42 Å². The fourth-order valence-electron chi connectivity index (χ4n) is 1.79. The predicted molar refractivity (Wildman–Crippen MR) is 63.4 cm³/mol. The molecule has 1 N–H and O–H groups in total. The van der Waals surface area contributed by atoms with Crippen LogP contribution in [0, 0.1) is 0 Å². The van der Waals surface area contributed by atoms with E-state index in [9.17, 15) is 13.2 Å². The monoisotopic (exact) mass is 275 g/mol. The van der Waals surface area contributed by atoms with E-state index in [1.54, 1.807) is 6.07 Å². The van der Waals surface area contributed by atoms with Gasteiger partial charge in [0.05, 0.1) is 16.3 Å². The molecule has 0 fully saturated rings. The van der Waals surface area contributed by atoms with Gasteiger partial charge >= 0.3 is 5.97 Å². The Morgan fingerprint density at radius 2 is 2.18 bits per heavy atom. The zero-order chi connectivity index (χ0) is 12.6. The molecule has 1 aliphatic rings. The van der Waals surface area contributed by atoms with E-state index in [2.05, 4.69) is 0 Å². The number of fused-ring (bicyclic) bond motifs is 1. The zero-order valence-corrected chi connectivity index (χ0v) is 10.3. The third-order valence-electron chi connectivity index (χ3n) is 2.55. The van der Waals surface area contributed by atoms with Gasteiger partial charge in [0.15, 0.2) is 9.84 Å². The van der Waals surface area contributed by atoms with E-state index < -0.39 is 15.8 Å². The van der Waals surface area contributed by atoms with Gasteiger partial charge < -0.3 is 10.0 Å². The Hall–Kier alpha value is -1.27. The van der Waals surface area contributed by atoms with Crippen LogP contribution >= 0.6 is 11.6 Å². The molecule has 2 rings (SSSR count). The minimum atomic E-state index is -3.35. The van der Waals surface area contributed by atoms with Crippen LogP contribution < -0.4 is 4.90 Å². The lowest BCUT2D eigenvalue weighted by Gasteiger charge is -2.29. The molecule has 0 atom stereocenters. The van der Waals surface area contributed by atoms with Crippen molar-refractivity contribution in [2.75, 3.05) is 23.7 Å². The first-order valence-corrected chi connectivity index (χ1v) is 6.92. The second-order valence-electron chi connectivity index (χ2n) is 3.75. The number of carboxylic acid groups (broad SMARTS) is 1. The zero-order valence-electron chi connectivity index (χ0n) is 8.76. The normalized spacial score (nSPS) is 17.6.